The number of benzene rings is 1. The smallest absolute Gasteiger partial charge is 0.161 e. The maximum Gasteiger partial charge on any atom is 0.161 e. The van der Waals surface area contributed by atoms with Crippen LogP contribution in [0.25, 0.3) is 5.70 Å². The van der Waals surface area contributed by atoms with Crippen LogP contribution in [0.3, 0.4) is 0 Å². The van der Waals surface area contributed by atoms with Crippen LogP contribution in [0.2, 0.25) is 0 Å². The van der Waals surface area contributed by atoms with E-state index >= 15 is 0 Å². The maximum absolute atomic E-state index is 13.4. The summed E-state index contributed by atoms with van der Waals surface area (Å²) >= 11 is 0. The zero-order valence-electron chi connectivity index (χ0n) is 8.80. The Labute approximate surface area is 91.0 Å². The number of hydrogen-bond acceptors (Lipinski definition) is 2. The maximum atomic E-state index is 13.4. The molecular weight excluding hydrogens is 219 g/mol. The van der Waals surface area contributed by atoms with Crippen LogP contribution in [-0.4, -0.2) is 25.3 Å². The van der Waals surface area contributed by atoms with E-state index in [2.05, 4.69) is 0 Å². The summed E-state index contributed by atoms with van der Waals surface area (Å²) in [5, 5.41) is 0. The third-order valence-electron chi connectivity index (χ3n) is 1.99. The minimum absolute atomic E-state index is 0.156. The van der Waals surface area contributed by atoms with Gasteiger partial charge in [-0.3, -0.25) is 4.79 Å². The number of nitrogens with zero attached hydrogens (tertiary/aromatic N) is 1. The lowest BCUT2D eigenvalue weighted by molar-refractivity contribution is -0.104. The Hall–Kier alpha value is -1.78. The fourth-order valence-electron chi connectivity index (χ4n) is 1.26. The van der Waals surface area contributed by atoms with Crippen molar-refractivity contribution in [2.75, 3.05) is 14.1 Å². The summed E-state index contributed by atoms with van der Waals surface area (Å²) in [7, 11) is 3.13. The van der Waals surface area contributed by atoms with E-state index in [0.29, 0.717) is 12.4 Å². The Bertz CT molecular complexity index is 441. The molecule has 1 aromatic carbocycles. The zero-order valence-corrected chi connectivity index (χ0v) is 8.80. The normalized spacial score (nSPS) is 11.4. The average molecular weight is 229 g/mol. The molecule has 0 aliphatic carbocycles. The summed E-state index contributed by atoms with van der Waals surface area (Å²) in [6, 6.07) is 1.17. The van der Waals surface area contributed by atoms with Crippen molar-refractivity contribution in [3.63, 3.8) is 0 Å². The molecule has 86 valence electrons. The van der Waals surface area contributed by atoms with E-state index in [1.807, 2.05) is 0 Å². The van der Waals surface area contributed by atoms with E-state index < -0.39 is 17.5 Å². The van der Waals surface area contributed by atoms with Gasteiger partial charge >= 0.3 is 0 Å². The number of allylic oxidation sites excluding steroid dienone is 1. The molecule has 0 atom stereocenters. The average Bonchev–Trinajstić information content (AvgIpc) is 2.20. The van der Waals surface area contributed by atoms with Gasteiger partial charge in [-0.2, -0.15) is 0 Å². The molecule has 0 N–H and O–H groups in total. The standard InChI is InChI=1S/C11H10F3NO/c1-15(2)11(3-4-16)7-5-9(13)10(14)6-8(7)12/h3-6H,1-2H3. The van der Waals surface area contributed by atoms with Crippen molar-refractivity contribution < 1.29 is 18.0 Å². The second kappa shape index (κ2) is 4.83. The first-order valence-electron chi connectivity index (χ1n) is 4.45. The minimum atomic E-state index is -1.26. The molecule has 0 heterocycles. The Morgan fingerprint density at radius 2 is 1.69 bits per heavy atom. The largest absolute Gasteiger partial charge is 0.377 e. The van der Waals surface area contributed by atoms with Crippen molar-refractivity contribution in [3.05, 3.63) is 41.2 Å². The third-order valence-corrected chi connectivity index (χ3v) is 1.99. The lowest BCUT2D eigenvalue weighted by atomic mass is 10.1. The number of halogens is 3. The van der Waals surface area contributed by atoms with Gasteiger partial charge in [0.15, 0.2) is 11.6 Å². The van der Waals surface area contributed by atoms with E-state index in [4.69, 9.17) is 0 Å². The van der Waals surface area contributed by atoms with Gasteiger partial charge in [0.05, 0.1) is 0 Å². The summed E-state index contributed by atoms with van der Waals surface area (Å²) in [5.41, 5.74) is 0.0161. The van der Waals surface area contributed by atoms with Gasteiger partial charge in [0.2, 0.25) is 0 Å². The number of carbonyl (C=O) groups is 1. The molecule has 16 heavy (non-hydrogen) atoms. The zero-order chi connectivity index (χ0) is 12.3. The number of rotatable bonds is 3. The Morgan fingerprint density at radius 1 is 1.12 bits per heavy atom. The molecular formula is C11H10F3NO. The second-order valence-corrected chi connectivity index (χ2v) is 3.33. The summed E-state index contributed by atoms with van der Waals surface area (Å²) in [6.45, 7) is 0. The van der Waals surface area contributed by atoms with Crippen LogP contribution in [0.4, 0.5) is 13.2 Å². The van der Waals surface area contributed by atoms with E-state index in [-0.39, 0.29) is 11.3 Å². The van der Waals surface area contributed by atoms with E-state index in [1.165, 1.54) is 4.90 Å². The third kappa shape index (κ3) is 2.42. The fraction of sp³-hybridized carbons (Fsp3) is 0.182. The van der Waals surface area contributed by atoms with Crippen molar-refractivity contribution in [3.8, 4) is 0 Å². The molecule has 1 rings (SSSR count). The highest BCUT2D eigenvalue weighted by atomic mass is 19.2. The monoisotopic (exact) mass is 229 g/mol. The van der Waals surface area contributed by atoms with Gasteiger partial charge in [-0.15, -0.1) is 0 Å². The van der Waals surface area contributed by atoms with Crippen LogP contribution in [0.1, 0.15) is 5.56 Å². The lowest BCUT2D eigenvalue weighted by Gasteiger charge is -2.17. The number of aldehydes is 1. The highest BCUT2D eigenvalue weighted by molar-refractivity contribution is 5.80. The molecule has 2 nitrogen and oxygen atoms in total. The predicted molar refractivity (Wildman–Crippen MR) is 54.0 cm³/mol. The molecule has 1 aromatic rings. The molecule has 0 saturated carbocycles. The van der Waals surface area contributed by atoms with E-state index in [9.17, 15) is 18.0 Å². The molecule has 0 amide bonds. The van der Waals surface area contributed by atoms with Crippen molar-refractivity contribution in [1.29, 1.82) is 0 Å². The Kier molecular flexibility index (Phi) is 3.71. The van der Waals surface area contributed by atoms with Gasteiger partial charge in [0.25, 0.3) is 0 Å². The van der Waals surface area contributed by atoms with Crippen LogP contribution in [0.5, 0.6) is 0 Å². The Morgan fingerprint density at radius 3 is 2.19 bits per heavy atom. The van der Waals surface area contributed by atoms with Crippen molar-refractivity contribution in [2.45, 2.75) is 0 Å². The molecule has 0 spiro atoms. The first-order valence-corrected chi connectivity index (χ1v) is 4.45. The quantitative estimate of drug-likeness (QED) is 0.450. The summed E-state index contributed by atoms with van der Waals surface area (Å²) in [4.78, 5) is 11.8. The van der Waals surface area contributed by atoms with Crippen LogP contribution in [0, 0.1) is 17.5 Å². The number of carbonyl (C=O) groups excluding carboxylic acids is 1. The van der Waals surface area contributed by atoms with Gasteiger partial charge < -0.3 is 4.90 Å². The van der Waals surface area contributed by atoms with Crippen molar-refractivity contribution >= 4 is 12.0 Å². The summed E-state index contributed by atoms with van der Waals surface area (Å²) < 4.78 is 39.0. The van der Waals surface area contributed by atoms with Gasteiger partial charge in [0, 0.05) is 37.5 Å². The molecule has 0 aromatic heterocycles. The van der Waals surface area contributed by atoms with Gasteiger partial charge in [0.1, 0.15) is 12.1 Å². The van der Waals surface area contributed by atoms with Crippen molar-refractivity contribution in [1.82, 2.24) is 4.90 Å². The molecule has 0 radical (unpaired) electrons. The fourth-order valence-corrected chi connectivity index (χ4v) is 1.26. The molecule has 0 saturated heterocycles. The van der Waals surface area contributed by atoms with Crippen LogP contribution >= 0.6 is 0 Å². The highest BCUT2D eigenvalue weighted by Gasteiger charge is 2.14. The molecule has 0 aliphatic heterocycles. The van der Waals surface area contributed by atoms with Gasteiger partial charge in [-0.05, 0) is 6.07 Å². The molecule has 0 fully saturated rings. The Balaban J connectivity index is 3.36. The van der Waals surface area contributed by atoms with Crippen LogP contribution in [0.15, 0.2) is 18.2 Å². The summed E-state index contributed by atoms with van der Waals surface area (Å²) in [5.74, 6) is -3.33. The molecule has 0 bridgehead atoms. The topological polar surface area (TPSA) is 20.3 Å². The van der Waals surface area contributed by atoms with Crippen LogP contribution < -0.4 is 0 Å². The van der Waals surface area contributed by atoms with E-state index in [0.717, 1.165) is 12.1 Å². The number of hydrogen-bond donors (Lipinski definition) is 0. The first-order chi connectivity index (χ1) is 7.47. The van der Waals surface area contributed by atoms with Gasteiger partial charge in [-0.25, -0.2) is 13.2 Å². The molecule has 5 heteroatoms. The summed E-state index contributed by atoms with van der Waals surface area (Å²) in [6.07, 6.45) is 1.53. The molecule has 0 aliphatic rings. The first kappa shape index (κ1) is 12.3. The van der Waals surface area contributed by atoms with Gasteiger partial charge in [-0.1, -0.05) is 0 Å². The van der Waals surface area contributed by atoms with Crippen LogP contribution in [-0.2, 0) is 4.79 Å². The minimum Gasteiger partial charge on any atom is -0.377 e. The van der Waals surface area contributed by atoms with Crippen molar-refractivity contribution in [2.24, 2.45) is 0 Å². The SMILES string of the molecule is CN(C)C(=CC=O)c1cc(F)c(F)cc1F. The predicted octanol–water partition coefficient (Wildman–Crippen LogP) is 2.21. The highest BCUT2D eigenvalue weighted by Crippen LogP contribution is 2.22. The van der Waals surface area contributed by atoms with E-state index in [1.54, 1.807) is 14.1 Å². The molecule has 0 unspecified atom stereocenters. The second-order valence-electron chi connectivity index (χ2n) is 3.33. The lowest BCUT2D eigenvalue weighted by Crippen LogP contribution is -2.12.